The average molecular weight is 260 g/mol. The molecule has 2 aromatic rings. The number of hydrogen-bond acceptors (Lipinski definition) is 3. The molecule has 104 valence electrons. The molecule has 0 saturated heterocycles. The van der Waals surface area contributed by atoms with Gasteiger partial charge in [0, 0.05) is 12.2 Å². The third-order valence-electron chi connectivity index (χ3n) is 3.61. The lowest BCUT2D eigenvalue weighted by Crippen LogP contribution is -2.32. The maximum Gasteiger partial charge on any atom is 0.160 e. The van der Waals surface area contributed by atoms with Gasteiger partial charge in [-0.05, 0) is 31.9 Å². The van der Waals surface area contributed by atoms with Gasteiger partial charge in [0.25, 0.3) is 0 Å². The van der Waals surface area contributed by atoms with Gasteiger partial charge >= 0.3 is 0 Å². The molecule has 0 aromatic carbocycles. The summed E-state index contributed by atoms with van der Waals surface area (Å²) in [5, 5.41) is 12.2. The van der Waals surface area contributed by atoms with Crippen molar-refractivity contribution in [3.8, 4) is 0 Å². The molecule has 0 spiro atoms. The number of rotatable bonds is 7. The lowest BCUT2D eigenvalue weighted by Gasteiger charge is -2.21. The van der Waals surface area contributed by atoms with E-state index in [1.165, 1.54) is 19.3 Å². The summed E-state index contributed by atoms with van der Waals surface area (Å²) in [6, 6.07) is 6.77. The van der Waals surface area contributed by atoms with Crippen molar-refractivity contribution in [2.75, 3.05) is 0 Å². The van der Waals surface area contributed by atoms with Crippen LogP contribution in [0.5, 0.6) is 0 Å². The van der Waals surface area contributed by atoms with E-state index in [9.17, 15) is 0 Å². The maximum absolute atomic E-state index is 4.31. The summed E-state index contributed by atoms with van der Waals surface area (Å²) in [5.74, 6) is 0.991. The van der Waals surface area contributed by atoms with Gasteiger partial charge in [-0.3, -0.25) is 4.40 Å². The molecule has 2 heterocycles. The minimum Gasteiger partial charge on any atom is -0.305 e. The minimum absolute atomic E-state index is 0.221. The van der Waals surface area contributed by atoms with Crippen LogP contribution in [0.25, 0.3) is 5.65 Å². The Labute approximate surface area is 115 Å². The molecule has 0 radical (unpaired) electrons. The van der Waals surface area contributed by atoms with Crippen molar-refractivity contribution in [2.45, 2.75) is 58.5 Å². The van der Waals surface area contributed by atoms with Crippen LogP contribution in [0.3, 0.4) is 0 Å². The van der Waals surface area contributed by atoms with Gasteiger partial charge in [0.15, 0.2) is 11.5 Å². The molecule has 0 aliphatic heterocycles. The van der Waals surface area contributed by atoms with Gasteiger partial charge in [-0.15, -0.1) is 10.2 Å². The summed E-state index contributed by atoms with van der Waals surface area (Å²) >= 11 is 0. The molecule has 4 nitrogen and oxygen atoms in total. The van der Waals surface area contributed by atoms with Gasteiger partial charge in [-0.2, -0.15) is 0 Å². The molecule has 2 unspecified atom stereocenters. The molecule has 1 N–H and O–H groups in total. The predicted molar refractivity (Wildman–Crippen MR) is 78.1 cm³/mol. The van der Waals surface area contributed by atoms with Crippen LogP contribution in [0.2, 0.25) is 0 Å². The molecule has 2 aromatic heterocycles. The van der Waals surface area contributed by atoms with Crippen LogP contribution < -0.4 is 5.32 Å². The van der Waals surface area contributed by atoms with Crippen molar-refractivity contribution in [1.82, 2.24) is 19.9 Å². The van der Waals surface area contributed by atoms with Gasteiger partial charge in [0.1, 0.15) is 0 Å². The smallest absolute Gasteiger partial charge is 0.160 e. The molecule has 0 aliphatic carbocycles. The number of fused-ring (bicyclic) bond motifs is 1. The molecule has 0 bridgehead atoms. The van der Waals surface area contributed by atoms with Crippen LogP contribution in [0.4, 0.5) is 0 Å². The zero-order valence-corrected chi connectivity index (χ0v) is 12.1. The van der Waals surface area contributed by atoms with Crippen LogP contribution in [0.1, 0.15) is 58.3 Å². The lowest BCUT2D eigenvalue weighted by molar-refractivity contribution is 0.399. The highest BCUT2D eigenvalue weighted by atomic mass is 15.3. The first kappa shape index (κ1) is 14.0. The summed E-state index contributed by atoms with van der Waals surface area (Å²) in [5.41, 5.74) is 0.910. The fraction of sp³-hybridized carbons (Fsp3) is 0.600. The Hall–Kier alpha value is -1.42. The third-order valence-corrected chi connectivity index (χ3v) is 3.61. The van der Waals surface area contributed by atoms with Crippen LogP contribution in [0.15, 0.2) is 24.4 Å². The van der Waals surface area contributed by atoms with Gasteiger partial charge in [0.2, 0.25) is 0 Å². The Kier molecular flexibility index (Phi) is 4.91. The minimum atomic E-state index is 0.221. The lowest BCUT2D eigenvalue weighted by atomic mass is 10.1. The summed E-state index contributed by atoms with van der Waals surface area (Å²) in [6.45, 7) is 6.64. The van der Waals surface area contributed by atoms with Crippen molar-refractivity contribution >= 4 is 5.65 Å². The van der Waals surface area contributed by atoms with Crippen LogP contribution >= 0.6 is 0 Å². The SMILES string of the molecule is CCCCC(CC)NC(C)c1nnc2ccccn12. The zero-order valence-electron chi connectivity index (χ0n) is 12.1. The Balaban J connectivity index is 2.08. The first-order chi connectivity index (χ1) is 9.26. The molecule has 4 heteroatoms. The van der Waals surface area contributed by atoms with Crippen LogP contribution in [0, 0.1) is 0 Å². The molecule has 0 amide bonds. The predicted octanol–water partition coefficient (Wildman–Crippen LogP) is 3.35. The molecule has 2 rings (SSSR count). The van der Waals surface area contributed by atoms with Gasteiger partial charge < -0.3 is 5.32 Å². The van der Waals surface area contributed by atoms with E-state index in [4.69, 9.17) is 0 Å². The van der Waals surface area contributed by atoms with Crippen LogP contribution in [-0.4, -0.2) is 20.6 Å². The molecule has 0 saturated carbocycles. The summed E-state index contributed by atoms with van der Waals surface area (Å²) in [6.07, 6.45) is 6.93. The van der Waals surface area contributed by atoms with Crippen molar-refractivity contribution in [3.63, 3.8) is 0 Å². The summed E-state index contributed by atoms with van der Waals surface area (Å²) in [4.78, 5) is 0. The zero-order chi connectivity index (χ0) is 13.7. The van der Waals surface area contributed by atoms with E-state index >= 15 is 0 Å². The normalized spacial score (nSPS) is 14.7. The molecule has 0 aliphatic rings. The number of nitrogens with zero attached hydrogens (tertiary/aromatic N) is 3. The van der Waals surface area contributed by atoms with Crippen molar-refractivity contribution in [3.05, 3.63) is 30.2 Å². The molecule has 19 heavy (non-hydrogen) atoms. The standard InChI is InChI=1S/C15H24N4/c1-4-6-9-13(5-2)16-12(3)15-18-17-14-10-7-8-11-19(14)15/h7-8,10-13,16H,4-6,9H2,1-3H3. The fourth-order valence-corrected chi connectivity index (χ4v) is 2.44. The summed E-state index contributed by atoms with van der Waals surface area (Å²) in [7, 11) is 0. The van der Waals surface area contributed by atoms with E-state index in [1.54, 1.807) is 0 Å². The Morgan fingerprint density at radius 2 is 2.11 bits per heavy atom. The first-order valence-corrected chi connectivity index (χ1v) is 7.32. The number of nitrogens with one attached hydrogen (secondary N) is 1. The second kappa shape index (κ2) is 6.66. The highest BCUT2D eigenvalue weighted by Gasteiger charge is 2.16. The topological polar surface area (TPSA) is 42.2 Å². The molecule has 2 atom stereocenters. The number of unbranched alkanes of at least 4 members (excludes halogenated alkanes) is 1. The Morgan fingerprint density at radius 1 is 1.26 bits per heavy atom. The quantitative estimate of drug-likeness (QED) is 0.830. The highest BCUT2D eigenvalue weighted by molar-refractivity contribution is 5.37. The Morgan fingerprint density at radius 3 is 2.84 bits per heavy atom. The molecular formula is C15H24N4. The van der Waals surface area contributed by atoms with E-state index in [-0.39, 0.29) is 6.04 Å². The average Bonchev–Trinajstić information content (AvgIpc) is 2.87. The van der Waals surface area contributed by atoms with E-state index in [2.05, 4.69) is 40.7 Å². The second-order valence-corrected chi connectivity index (χ2v) is 5.12. The number of hydrogen-bond donors (Lipinski definition) is 1. The van der Waals surface area contributed by atoms with Crippen LogP contribution in [-0.2, 0) is 0 Å². The van der Waals surface area contributed by atoms with E-state index < -0.39 is 0 Å². The fourth-order valence-electron chi connectivity index (χ4n) is 2.44. The maximum atomic E-state index is 4.31. The molecule has 0 fully saturated rings. The van der Waals surface area contributed by atoms with Gasteiger partial charge in [-0.1, -0.05) is 32.8 Å². The van der Waals surface area contributed by atoms with Crippen molar-refractivity contribution < 1.29 is 0 Å². The largest absolute Gasteiger partial charge is 0.305 e. The highest BCUT2D eigenvalue weighted by Crippen LogP contribution is 2.15. The van der Waals surface area contributed by atoms with Gasteiger partial charge in [0.05, 0.1) is 6.04 Å². The number of aromatic nitrogens is 3. The Bertz CT molecular complexity index is 506. The number of pyridine rings is 1. The van der Waals surface area contributed by atoms with Gasteiger partial charge in [-0.25, -0.2) is 0 Å². The van der Waals surface area contributed by atoms with E-state index in [0.29, 0.717) is 6.04 Å². The van der Waals surface area contributed by atoms with E-state index in [0.717, 1.165) is 17.9 Å². The molecular weight excluding hydrogens is 236 g/mol. The van der Waals surface area contributed by atoms with Crippen molar-refractivity contribution in [2.24, 2.45) is 0 Å². The monoisotopic (exact) mass is 260 g/mol. The third kappa shape index (κ3) is 3.32. The second-order valence-electron chi connectivity index (χ2n) is 5.12. The first-order valence-electron chi connectivity index (χ1n) is 7.32. The van der Waals surface area contributed by atoms with Crippen molar-refractivity contribution in [1.29, 1.82) is 0 Å². The van der Waals surface area contributed by atoms with E-state index in [1.807, 2.05) is 24.4 Å². The summed E-state index contributed by atoms with van der Waals surface area (Å²) < 4.78 is 2.06.